The van der Waals surface area contributed by atoms with E-state index in [2.05, 4.69) is 16.0 Å². The van der Waals surface area contributed by atoms with Crippen molar-refractivity contribution in [3.8, 4) is 11.5 Å². The van der Waals surface area contributed by atoms with Gasteiger partial charge in [-0.3, -0.25) is 24.0 Å². The molecule has 14 nitrogen and oxygen atoms in total. The van der Waals surface area contributed by atoms with Crippen molar-refractivity contribution in [3.63, 3.8) is 0 Å². The summed E-state index contributed by atoms with van der Waals surface area (Å²) in [6, 6.07) is 10.4. The molecule has 4 N–H and O–H groups in total. The van der Waals surface area contributed by atoms with Crippen LogP contribution < -0.4 is 25.4 Å². The Kier molecular flexibility index (Phi) is 10.9. The minimum atomic E-state index is -1.23. The molecule has 50 heavy (non-hydrogen) atoms. The zero-order chi connectivity index (χ0) is 35.4. The van der Waals surface area contributed by atoms with Crippen molar-refractivity contribution in [2.24, 2.45) is 5.92 Å². The summed E-state index contributed by atoms with van der Waals surface area (Å²) < 4.78 is 16.8. The van der Waals surface area contributed by atoms with Gasteiger partial charge >= 0.3 is 0 Å². The number of aliphatic hydroxyl groups excluding tert-OH is 1. The number of carbonyl (C=O) groups is 5. The number of ether oxygens (including phenoxy) is 3. The topological polar surface area (TPSA) is 176 Å². The maximum absolute atomic E-state index is 14.2. The first-order chi connectivity index (χ1) is 24.1. The fraction of sp³-hybridized carbons (Fsp3) is 0.528. The Morgan fingerprint density at radius 3 is 2.50 bits per heavy atom. The second-order valence-electron chi connectivity index (χ2n) is 13.7. The number of amides is 5. The Morgan fingerprint density at radius 1 is 0.940 bits per heavy atom. The summed E-state index contributed by atoms with van der Waals surface area (Å²) in [4.78, 5) is 72.3. The van der Waals surface area contributed by atoms with Crippen molar-refractivity contribution in [3.05, 3.63) is 59.7 Å². The van der Waals surface area contributed by atoms with Gasteiger partial charge in [-0.1, -0.05) is 44.2 Å². The molecule has 0 aromatic heterocycles. The number of fused-ring (bicyclic) bond motifs is 4. The van der Waals surface area contributed by atoms with E-state index in [1.54, 1.807) is 12.1 Å². The van der Waals surface area contributed by atoms with E-state index >= 15 is 0 Å². The molecule has 4 aliphatic rings. The average molecular weight is 692 g/mol. The van der Waals surface area contributed by atoms with Crippen LogP contribution in [-0.2, 0) is 30.3 Å². The maximum atomic E-state index is 14.2. The smallest absolute Gasteiger partial charge is 0.254 e. The van der Waals surface area contributed by atoms with Gasteiger partial charge in [-0.15, -0.1) is 0 Å². The predicted molar refractivity (Wildman–Crippen MR) is 179 cm³/mol. The van der Waals surface area contributed by atoms with E-state index in [9.17, 15) is 29.1 Å². The molecule has 0 spiro atoms. The lowest BCUT2D eigenvalue weighted by Gasteiger charge is -2.38. The number of rotatable bonds is 5. The van der Waals surface area contributed by atoms with Crippen LogP contribution >= 0.6 is 0 Å². The van der Waals surface area contributed by atoms with Gasteiger partial charge in [0.15, 0.2) is 11.5 Å². The van der Waals surface area contributed by atoms with Gasteiger partial charge in [0.1, 0.15) is 30.3 Å². The first kappa shape index (κ1) is 35.1. The van der Waals surface area contributed by atoms with Crippen LogP contribution in [0.15, 0.2) is 48.5 Å². The monoisotopic (exact) mass is 691 g/mol. The van der Waals surface area contributed by atoms with E-state index in [0.717, 1.165) is 5.56 Å². The largest absolute Gasteiger partial charge is 0.454 e. The van der Waals surface area contributed by atoms with Crippen LogP contribution in [0, 0.1) is 5.92 Å². The highest BCUT2D eigenvalue weighted by molar-refractivity contribution is 5.98. The van der Waals surface area contributed by atoms with Gasteiger partial charge in [0, 0.05) is 25.1 Å². The molecule has 6 rings (SSSR count). The lowest BCUT2D eigenvalue weighted by molar-refractivity contribution is -0.142. The molecule has 4 heterocycles. The third-order valence-corrected chi connectivity index (χ3v) is 9.62. The van der Waals surface area contributed by atoms with E-state index < -0.39 is 72.5 Å². The third-order valence-electron chi connectivity index (χ3n) is 9.62. The van der Waals surface area contributed by atoms with Crippen LogP contribution in [0.25, 0.3) is 0 Å². The Hall–Kier alpha value is -4.69. The summed E-state index contributed by atoms with van der Waals surface area (Å²) in [5, 5.41) is 20.1. The molecule has 3 fully saturated rings. The minimum absolute atomic E-state index is 0.0160. The highest BCUT2D eigenvalue weighted by Crippen LogP contribution is 2.33. The fourth-order valence-corrected chi connectivity index (χ4v) is 7.06. The number of nitrogens with zero attached hydrogens (tertiary/aromatic N) is 2. The van der Waals surface area contributed by atoms with E-state index in [4.69, 9.17) is 14.2 Å². The molecule has 6 atom stereocenters. The lowest BCUT2D eigenvalue weighted by atomic mass is 9.97. The van der Waals surface area contributed by atoms with Crippen molar-refractivity contribution < 1.29 is 43.3 Å². The molecular formula is C36H45N5O9. The number of benzene rings is 2. The predicted octanol–water partition coefficient (Wildman–Crippen LogP) is 0.755. The van der Waals surface area contributed by atoms with Gasteiger partial charge in [0.25, 0.3) is 5.91 Å². The van der Waals surface area contributed by atoms with Crippen molar-refractivity contribution in [1.29, 1.82) is 0 Å². The Labute approximate surface area is 290 Å². The van der Waals surface area contributed by atoms with Gasteiger partial charge in [0.2, 0.25) is 30.4 Å². The molecule has 0 saturated carbocycles. The highest BCUT2D eigenvalue weighted by atomic mass is 16.7. The van der Waals surface area contributed by atoms with Gasteiger partial charge < -0.3 is 45.1 Å². The van der Waals surface area contributed by atoms with E-state index in [1.165, 1.54) is 15.9 Å². The van der Waals surface area contributed by atoms with Crippen LogP contribution in [0.5, 0.6) is 11.5 Å². The molecule has 5 amide bonds. The maximum Gasteiger partial charge on any atom is 0.254 e. The summed E-state index contributed by atoms with van der Waals surface area (Å²) >= 11 is 0. The van der Waals surface area contributed by atoms with E-state index in [0.29, 0.717) is 43.7 Å². The quantitative estimate of drug-likeness (QED) is 0.353. The molecule has 2 bridgehead atoms. The Balaban J connectivity index is 1.35. The van der Waals surface area contributed by atoms with Crippen LogP contribution in [0.4, 0.5) is 0 Å². The first-order valence-corrected chi connectivity index (χ1v) is 17.3. The SMILES string of the molecule is CC(C)C[C@H]1NC(=O)[C@H]2CCCN2C(=O)[C@H](Cc2ccccc2)NC(=O)CN(C(=O)c2ccc3c(c2)OCO3)C[C@H]2OCC[C@H](NC1=O)[C@@H]2O. The zero-order valence-electron chi connectivity index (χ0n) is 28.3. The fourth-order valence-electron chi connectivity index (χ4n) is 7.06. The van der Waals surface area contributed by atoms with Crippen LogP contribution in [0.3, 0.4) is 0 Å². The second kappa shape index (κ2) is 15.5. The van der Waals surface area contributed by atoms with Gasteiger partial charge in [-0.2, -0.15) is 0 Å². The highest BCUT2D eigenvalue weighted by Gasteiger charge is 2.41. The molecule has 268 valence electrons. The number of hydrogen-bond acceptors (Lipinski definition) is 9. The number of hydrogen-bond donors (Lipinski definition) is 4. The third kappa shape index (κ3) is 8.02. The van der Waals surface area contributed by atoms with Gasteiger partial charge in [-0.25, -0.2) is 0 Å². The number of aliphatic hydroxyl groups is 1. The molecule has 3 saturated heterocycles. The Bertz CT molecular complexity index is 1590. The molecule has 2 aromatic rings. The van der Waals surface area contributed by atoms with Crippen LogP contribution in [0.2, 0.25) is 0 Å². The van der Waals surface area contributed by atoms with E-state index in [-0.39, 0.29) is 37.8 Å². The van der Waals surface area contributed by atoms with Gasteiger partial charge in [-0.05, 0) is 55.4 Å². The molecule has 14 heteroatoms. The molecule has 0 aliphatic carbocycles. The molecule has 0 radical (unpaired) electrons. The summed E-state index contributed by atoms with van der Waals surface area (Å²) in [7, 11) is 0. The van der Waals surface area contributed by atoms with Crippen molar-refractivity contribution in [1.82, 2.24) is 25.8 Å². The van der Waals surface area contributed by atoms with Crippen LogP contribution in [-0.4, -0.2) is 114 Å². The average Bonchev–Trinajstić information content (AvgIpc) is 3.78. The van der Waals surface area contributed by atoms with Gasteiger partial charge in [0.05, 0.1) is 19.1 Å². The Morgan fingerprint density at radius 2 is 1.72 bits per heavy atom. The second-order valence-corrected chi connectivity index (χ2v) is 13.7. The minimum Gasteiger partial charge on any atom is -0.454 e. The van der Waals surface area contributed by atoms with Crippen LogP contribution in [0.1, 0.15) is 55.5 Å². The normalized spacial score (nSPS) is 27.7. The van der Waals surface area contributed by atoms with Crippen molar-refractivity contribution in [2.45, 2.75) is 82.3 Å². The molecular weight excluding hydrogens is 646 g/mol. The zero-order valence-corrected chi connectivity index (χ0v) is 28.3. The van der Waals surface area contributed by atoms with Crippen molar-refractivity contribution in [2.75, 3.05) is 33.0 Å². The number of carbonyl (C=O) groups excluding carboxylic acids is 5. The van der Waals surface area contributed by atoms with Crippen molar-refractivity contribution >= 4 is 29.5 Å². The lowest BCUT2D eigenvalue weighted by Crippen LogP contribution is -2.60. The number of nitrogens with one attached hydrogen (secondary N) is 3. The standard InChI is InChI=1S/C36H45N5O9/c1-21(2)15-25-33(44)38-24-12-14-48-30(32(24)43)18-40(35(46)23-10-11-28-29(17-23)50-20-49-28)19-31(42)37-26(16-22-7-4-3-5-8-22)36(47)41-13-6-9-27(41)34(45)39-25/h3-5,7-8,10-11,17,21,24-27,30,32,43H,6,9,12-16,18-20H2,1-2H3,(H,37,42)(H,38,44)(H,39,45)/t24-,25+,26-,27+,30+,32-/m0/s1. The summed E-state index contributed by atoms with van der Waals surface area (Å²) in [5.74, 6) is -1.55. The molecule has 2 aromatic carbocycles. The summed E-state index contributed by atoms with van der Waals surface area (Å²) in [6.07, 6.45) is -0.425. The van der Waals surface area contributed by atoms with E-state index in [1.807, 2.05) is 44.2 Å². The molecule has 0 unspecified atom stereocenters. The summed E-state index contributed by atoms with van der Waals surface area (Å²) in [6.45, 7) is 3.73. The molecule has 4 aliphatic heterocycles. The summed E-state index contributed by atoms with van der Waals surface area (Å²) in [5.41, 5.74) is 1.02. The first-order valence-electron chi connectivity index (χ1n) is 17.3.